The minimum Gasteiger partial charge on any atom is -0.496 e. The Hall–Kier alpha value is -3.01. The fraction of sp³-hybridized carbons (Fsp3) is 0.158. The Labute approximate surface area is 171 Å². The van der Waals surface area contributed by atoms with E-state index in [1.165, 1.54) is 0 Å². The number of halogens is 4. The lowest BCUT2D eigenvalue weighted by molar-refractivity contribution is -0.192. The Balaban J connectivity index is 0.000000370. The molecule has 0 aliphatic carbocycles. The van der Waals surface area contributed by atoms with Gasteiger partial charge in [0.15, 0.2) is 0 Å². The van der Waals surface area contributed by atoms with Crippen molar-refractivity contribution in [3.05, 3.63) is 64.3 Å². The van der Waals surface area contributed by atoms with Gasteiger partial charge in [-0.05, 0) is 30.3 Å². The number of hydrogen-bond donors (Lipinski definition) is 2. The molecule has 3 rings (SSSR count). The van der Waals surface area contributed by atoms with Crippen molar-refractivity contribution < 1.29 is 37.7 Å². The molecule has 0 radical (unpaired) electrons. The second-order valence-electron chi connectivity index (χ2n) is 5.74. The lowest BCUT2D eigenvalue weighted by Crippen LogP contribution is -2.21. The first-order valence-corrected chi connectivity index (χ1v) is 8.78. The maximum absolute atomic E-state index is 11.5. The lowest BCUT2D eigenvalue weighted by Gasteiger charge is -2.12. The molecule has 1 aromatic heterocycles. The summed E-state index contributed by atoms with van der Waals surface area (Å²) in [6, 6.07) is 15.0. The highest BCUT2D eigenvalue weighted by Crippen LogP contribution is 2.27. The van der Waals surface area contributed by atoms with Crippen LogP contribution in [0.25, 0.3) is 10.9 Å². The van der Waals surface area contributed by atoms with Crippen molar-refractivity contribution in [2.24, 2.45) is 0 Å². The molecule has 0 fully saturated rings. The first kappa shape index (κ1) is 22.3. The van der Waals surface area contributed by atoms with Crippen LogP contribution in [0.5, 0.6) is 5.75 Å². The number of carboxylic acid groups (broad SMARTS) is 2. The van der Waals surface area contributed by atoms with E-state index in [0.29, 0.717) is 6.54 Å². The van der Waals surface area contributed by atoms with Crippen molar-refractivity contribution in [2.45, 2.75) is 12.7 Å². The zero-order valence-corrected chi connectivity index (χ0v) is 16.5. The van der Waals surface area contributed by atoms with Crippen LogP contribution >= 0.6 is 15.9 Å². The predicted molar refractivity (Wildman–Crippen MR) is 102 cm³/mol. The highest BCUT2D eigenvalue weighted by molar-refractivity contribution is 9.10. The van der Waals surface area contributed by atoms with Gasteiger partial charge in [0.05, 0.1) is 13.7 Å². The molecule has 10 heteroatoms. The van der Waals surface area contributed by atoms with Crippen LogP contribution in [0.2, 0.25) is 0 Å². The summed E-state index contributed by atoms with van der Waals surface area (Å²) in [5.41, 5.74) is 2.07. The number of ether oxygens (including phenoxy) is 1. The van der Waals surface area contributed by atoms with Gasteiger partial charge in [-0.3, -0.25) is 0 Å². The van der Waals surface area contributed by atoms with Crippen molar-refractivity contribution in [3.63, 3.8) is 0 Å². The van der Waals surface area contributed by atoms with Gasteiger partial charge in [0.1, 0.15) is 11.4 Å². The van der Waals surface area contributed by atoms with Crippen molar-refractivity contribution in [2.75, 3.05) is 7.11 Å². The molecule has 0 spiro atoms. The smallest absolute Gasteiger partial charge is 0.490 e. The first-order valence-electron chi connectivity index (χ1n) is 7.98. The molecule has 0 amide bonds. The summed E-state index contributed by atoms with van der Waals surface area (Å²) in [6.45, 7) is 0.428. The number of nitrogens with zero attached hydrogens (tertiary/aromatic N) is 1. The molecule has 0 atom stereocenters. The van der Waals surface area contributed by atoms with Crippen LogP contribution in [-0.4, -0.2) is 40.0 Å². The topological polar surface area (TPSA) is 88.8 Å². The number of aliphatic carboxylic acids is 1. The van der Waals surface area contributed by atoms with E-state index in [4.69, 9.17) is 14.6 Å². The standard InChI is InChI=1S/C17H14BrNO3.C2HF3O2/c1-22-16-7-6-13(18)8-12(16)10-19-14-5-3-2-4-11(14)9-15(19)17(20)21;3-2(4,5)1(6)7/h2-9H,10H2,1H3,(H,20,21);(H,6,7). The summed E-state index contributed by atoms with van der Waals surface area (Å²) in [5, 5.41) is 17.5. The average molecular weight is 474 g/mol. The molecule has 0 aliphatic rings. The van der Waals surface area contributed by atoms with Crippen LogP contribution in [0.1, 0.15) is 16.1 Å². The van der Waals surface area contributed by atoms with Gasteiger partial charge in [0.25, 0.3) is 0 Å². The molecule has 2 N–H and O–H groups in total. The van der Waals surface area contributed by atoms with E-state index in [1.54, 1.807) is 17.7 Å². The van der Waals surface area contributed by atoms with E-state index in [-0.39, 0.29) is 5.69 Å². The Kier molecular flexibility index (Phi) is 6.91. The van der Waals surface area contributed by atoms with Gasteiger partial charge in [0.2, 0.25) is 0 Å². The minimum atomic E-state index is -5.08. The van der Waals surface area contributed by atoms with Crippen LogP contribution in [0.4, 0.5) is 13.2 Å². The zero-order chi connectivity index (χ0) is 21.8. The number of para-hydroxylation sites is 1. The van der Waals surface area contributed by atoms with E-state index >= 15 is 0 Å². The molecule has 2 aromatic carbocycles. The molecule has 1 heterocycles. The molecule has 154 valence electrons. The Bertz CT molecular complexity index is 1050. The SMILES string of the molecule is COc1ccc(Br)cc1Cn1c(C(=O)O)cc2ccccc21.O=C(O)C(F)(F)F. The fourth-order valence-electron chi connectivity index (χ4n) is 2.60. The number of rotatable bonds is 4. The largest absolute Gasteiger partial charge is 0.496 e. The molecule has 3 aromatic rings. The summed E-state index contributed by atoms with van der Waals surface area (Å²) < 4.78 is 39.8. The van der Waals surface area contributed by atoms with Crippen LogP contribution < -0.4 is 4.74 Å². The Morgan fingerprint density at radius 2 is 1.72 bits per heavy atom. The third kappa shape index (κ3) is 5.50. The van der Waals surface area contributed by atoms with Gasteiger partial charge < -0.3 is 19.5 Å². The molecule has 0 unspecified atom stereocenters. The summed E-state index contributed by atoms with van der Waals surface area (Å²) >= 11 is 3.45. The van der Waals surface area contributed by atoms with E-state index in [0.717, 1.165) is 26.7 Å². The third-order valence-electron chi connectivity index (χ3n) is 3.84. The van der Waals surface area contributed by atoms with E-state index in [2.05, 4.69) is 15.9 Å². The maximum atomic E-state index is 11.5. The van der Waals surface area contributed by atoms with Gasteiger partial charge in [-0.1, -0.05) is 34.1 Å². The number of carboxylic acids is 2. The van der Waals surface area contributed by atoms with Gasteiger partial charge in [-0.2, -0.15) is 13.2 Å². The summed E-state index contributed by atoms with van der Waals surface area (Å²) in [4.78, 5) is 20.4. The molecular formula is C19H15BrF3NO5. The number of fused-ring (bicyclic) bond motifs is 1. The van der Waals surface area contributed by atoms with E-state index < -0.39 is 18.1 Å². The number of aromatic carboxylic acids is 1. The first-order chi connectivity index (χ1) is 13.5. The van der Waals surface area contributed by atoms with Crippen molar-refractivity contribution in [1.82, 2.24) is 4.57 Å². The van der Waals surface area contributed by atoms with Gasteiger partial charge in [-0.25, -0.2) is 9.59 Å². The molecule has 0 saturated heterocycles. The second kappa shape index (κ2) is 8.99. The number of aromatic nitrogens is 1. The highest BCUT2D eigenvalue weighted by atomic mass is 79.9. The van der Waals surface area contributed by atoms with Crippen LogP contribution in [0, 0.1) is 0 Å². The Morgan fingerprint density at radius 3 is 2.28 bits per heavy atom. The van der Waals surface area contributed by atoms with Crippen LogP contribution in [0.15, 0.2) is 53.0 Å². The predicted octanol–water partition coefficient (Wildman–Crippen LogP) is 4.79. The number of hydrogen-bond acceptors (Lipinski definition) is 3. The van der Waals surface area contributed by atoms with Crippen molar-refractivity contribution in [3.8, 4) is 5.75 Å². The van der Waals surface area contributed by atoms with Crippen molar-refractivity contribution >= 4 is 38.8 Å². The number of benzene rings is 2. The summed E-state index contributed by atoms with van der Waals surface area (Å²) in [7, 11) is 1.61. The highest BCUT2D eigenvalue weighted by Gasteiger charge is 2.38. The fourth-order valence-corrected chi connectivity index (χ4v) is 3.01. The maximum Gasteiger partial charge on any atom is 0.490 e. The molecular weight excluding hydrogens is 459 g/mol. The summed E-state index contributed by atoms with van der Waals surface area (Å²) in [6.07, 6.45) is -5.08. The average Bonchev–Trinajstić information content (AvgIpc) is 3.01. The molecule has 29 heavy (non-hydrogen) atoms. The Morgan fingerprint density at radius 1 is 1.10 bits per heavy atom. The number of methoxy groups -OCH3 is 1. The van der Waals surface area contributed by atoms with Crippen molar-refractivity contribution in [1.29, 1.82) is 0 Å². The number of alkyl halides is 3. The van der Waals surface area contributed by atoms with Gasteiger partial charge in [0, 0.05) is 20.9 Å². The monoisotopic (exact) mass is 473 g/mol. The lowest BCUT2D eigenvalue weighted by atomic mass is 10.2. The zero-order valence-electron chi connectivity index (χ0n) is 14.9. The number of carbonyl (C=O) groups is 2. The van der Waals surface area contributed by atoms with E-state index in [1.807, 2.05) is 42.5 Å². The summed E-state index contributed by atoms with van der Waals surface area (Å²) in [5.74, 6) is -2.96. The quantitative estimate of drug-likeness (QED) is 0.568. The second-order valence-corrected chi connectivity index (χ2v) is 6.65. The molecule has 0 saturated carbocycles. The normalized spacial score (nSPS) is 10.9. The minimum absolute atomic E-state index is 0.267. The molecule has 0 aliphatic heterocycles. The third-order valence-corrected chi connectivity index (χ3v) is 4.34. The van der Waals surface area contributed by atoms with Crippen LogP contribution in [-0.2, 0) is 11.3 Å². The molecule has 0 bridgehead atoms. The van der Waals surface area contributed by atoms with E-state index in [9.17, 15) is 23.1 Å². The van der Waals surface area contributed by atoms with Gasteiger partial charge in [-0.15, -0.1) is 0 Å². The molecule has 6 nitrogen and oxygen atoms in total. The van der Waals surface area contributed by atoms with Gasteiger partial charge >= 0.3 is 18.1 Å². The van der Waals surface area contributed by atoms with Crippen LogP contribution in [0.3, 0.4) is 0 Å².